The molecule has 0 aromatic heterocycles. The number of likely N-dealkylation sites (N-methyl/N-ethyl adjacent to an activating group) is 1. The van der Waals surface area contributed by atoms with E-state index in [4.69, 9.17) is 0 Å². The highest BCUT2D eigenvalue weighted by molar-refractivity contribution is 4.96. The van der Waals surface area contributed by atoms with Crippen LogP contribution in [-0.4, -0.2) is 35.5 Å². The molecule has 2 N–H and O–H groups in total. The number of hydrogen-bond acceptors (Lipinski definition) is 3. The van der Waals surface area contributed by atoms with E-state index in [0.29, 0.717) is 6.04 Å². The fourth-order valence-electron chi connectivity index (χ4n) is 1.60. The molecule has 0 saturated carbocycles. The summed E-state index contributed by atoms with van der Waals surface area (Å²) in [7, 11) is 0. The summed E-state index contributed by atoms with van der Waals surface area (Å²) in [6.07, 6.45) is 0.493. The standard InChI is InChI=1S/C9H18N2O/c1-4-11-6-8(5-7(2)3)10-9(11)12/h8-10,12H,2,4-6H2,1,3H3. The topological polar surface area (TPSA) is 35.5 Å². The molecule has 0 radical (unpaired) electrons. The Hall–Kier alpha value is -0.380. The van der Waals surface area contributed by atoms with Gasteiger partial charge in [-0.3, -0.25) is 10.2 Å². The molecule has 2 unspecified atom stereocenters. The minimum atomic E-state index is -0.459. The van der Waals surface area contributed by atoms with Crippen LogP contribution >= 0.6 is 0 Å². The predicted octanol–water partition coefficient (Wildman–Crippen LogP) is 0.522. The normalized spacial score (nSPS) is 30.9. The van der Waals surface area contributed by atoms with Gasteiger partial charge in [-0.05, 0) is 19.9 Å². The number of nitrogens with zero attached hydrogens (tertiary/aromatic N) is 1. The van der Waals surface area contributed by atoms with Crippen molar-refractivity contribution in [2.24, 2.45) is 0 Å². The lowest BCUT2D eigenvalue weighted by molar-refractivity contribution is 0.0252. The molecule has 0 aliphatic carbocycles. The zero-order valence-electron chi connectivity index (χ0n) is 7.88. The Morgan fingerprint density at radius 2 is 2.42 bits per heavy atom. The number of aliphatic hydroxyl groups excluding tert-OH is 1. The van der Waals surface area contributed by atoms with E-state index >= 15 is 0 Å². The molecular weight excluding hydrogens is 152 g/mol. The molecule has 1 aliphatic rings. The van der Waals surface area contributed by atoms with Crippen molar-refractivity contribution < 1.29 is 5.11 Å². The molecule has 1 fully saturated rings. The van der Waals surface area contributed by atoms with Crippen LogP contribution in [0.15, 0.2) is 12.2 Å². The number of rotatable bonds is 3. The maximum atomic E-state index is 9.46. The molecule has 70 valence electrons. The lowest BCUT2D eigenvalue weighted by Gasteiger charge is -2.15. The van der Waals surface area contributed by atoms with Crippen LogP contribution in [0.2, 0.25) is 0 Å². The number of nitrogens with one attached hydrogen (secondary N) is 1. The van der Waals surface area contributed by atoms with Crippen molar-refractivity contribution in [1.29, 1.82) is 0 Å². The summed E-state index contributed by atoms with van der Waals surface area (Å²) >= 11 is 0. The Labute approximate surface area is 74.1 Å². The molecule has 0 aromatic carbocycles. The highest BCUT2D eigenvalue weighted by Gasteiger charge is 2.27. The fourth-order valence-corrected chi connectivity index (χ4v) is 1.60. The van der Waals surface area contributed by atoms with Crippen molar-refractivity contribution in [3.05, 3.63) is 12.2 Å². The van der Waals surface area contributed by atoms with Gasteiger partial charge in [0.05, 0.1) is 0 Å². The smallest absolute Gasteiger partial charge is 0.163 e. The van der Waals surface area contributed by atoms with Crippen molar-refractivity contribution >= 4 is 0 Å². The van der Waals surface area contributed by atoms with Gasteiger partial charge in [0.2, 0.25) is 0 Å². The Morgan fingerprint density at radius 1 is 1.75 bits per heavy atom. The van der Waals surface area contributed by atoms with Gasteiger partial charge in [-0.2, -0.15) is 0 Å². The Morgan fingerprint density at radius 3 is 2.83 bits per heavy atom. The van der Waals surface area contributed by atoms with Gasteiger partial charge in [-0.1, -0.05) is 12.5 Å². The summed E-state index contributed by atoms with van der Waals surface area (Å²) in [4.78, 5) is 2.01. The van der Waals surface area contributed by atoms with Crippen LogP contribution in [0.4, 0.5) is 0 Å². The predicted molar refractivity (Wildman–Crippen MR) is 49.6 cm³/mol. The first-order valence-electron chi connectivity index (χ1n) is 4.46. The largest absolute Gasteiger partial charge is 0.365 e. The van der Waals surface area contributed by atoms with Gasteiger partial charge in [-0.25, -0.2) is 0 Å². The molecule has 1 rings (SSSR count). The van der Waals surface area contributed by atoms with Crippen molar-refractivity contribution in [2.45, 2.75) is 32.7 Å². The maximum absolute atomic E-state index is 9.46. The fraction of sp³-hybridized carbons (Fsp3) is 0.778. The molecule has 1 aliphatic heterocycles. The quantitative estimate of drug-likeness (QED) is 0.606. The first-order chi connectivity index (χ1) is 5.63. The lowest BCUT2D eigenvalue weighted by atomic mass is 10.1. The third kappa shape index (κ3) is 2.30. The van der Waals surface area contributed by atoms with Gasteiger partial charge in [0.15, 0.2) is 6.35 Å². The summed E-state index contributed by atoms with van der Waals surface area (Å²) in [5.41, 5.74) is 1.16. The van der Waals surface area contributed by atoms with Crippen LogP contribution in [0.5, 0.6) is 0 Å². The summed E-state index contributed by atoms with van der Waals surface area (Å²) < 4.78 is 0. The zero-order valence-corrected chi connectivity index (χ0v) is 7.88. The molecular formula is C9H18N2O. The second-order valence-electron chi connectivity index (χ2n) is 3.49. The molecule has 0 spiro atoms. The zero-order chi connectivity index (χ0) is 9.14. The lowest BCUT2D eigenvalue weighted by Crippen LogP contribution is -2.35. The van der Waals surface area contributed by atoms with Crippen molar-refractivity contribution in [2.75, 3.05) is 13.1 Å². The third-order valence-corrected chi connectivity index (χ3v) is 2.19. The Kier molecular flexibility index (Phi) is 3.26. The van der Waals surface area contributed by atoms with Crippen molar-refractivity contribution in [3.63, 3.8) is 0 Å². The summed E-state index contributed by atoms with van der Waals surface area (Å²) in [6, 6.07) is 0.373. The first-order valence-corrected chi connectivity index (χ1v) is 4.46. The average molecular weight is 170 g/mol. The van der Waals surface area contributed by atoms with Gasteiger partial charge in [0, 0.05) is 12.6 Å². The van der Waals surface area contributed by atoms with E-state index in [1.54, 1.807) is 0 Å². The molecule has 3 nitrogen and oxygen atoms in total. The number of hydrogen-bond donors (Lipinski definition) is 2. The van der Waals surface area contributed by atoms with E-state index < -0.39 is 6.35 Å². The average Bonchev–Trinajstić information content (AvgIpc) is 2.29. The van der Waals surface area contributed by atoms with Gasteiger partial charge in [0.1, 0.15) is 0 Å². The molecule has 1 heterocycles. The van der Waals surface area contributed by atoms with E-state index in [1.807, 2.05) is 18.7 Å². The van der Waals surface area contributed by atoms with Crippen LogP contribution in [0.1, 0.15) is 20.3 Å². The highest BCUT2D eigenvalue weighted by Crippen LogP contribution is 2.12. The van der Waals surface area contributed by atoms with E-state index in [-0.39, 0.29) is 0 Å². The molecule has 2 atom stereocenters. The van der Waals surface area contributed by atoms with Gasteiger partial charge >= 0.3 is 0 Å². The molecule has 12 heavy (non-hydrogen) atoms. The molecule has 0 amide bonds. The van der Waals surface area contributed by atoms with Crippen LogP contribution in [0.25, 0.3) is 0 Å². The van der Waals surface area contributed by atoms with Gasteiger partial charge in [0.25, 0.3) is 0 Å². The van der Waals surface area contributed by atoms with Crippen molar-refractivity contribution in [1.82, 2.24) is 10.2 Å². The van der Waals surface area contributed by atoms with Gasteiger partial charge < -0.3 is 5.11 Å². The SMILES string of the molecule is C=C(C)CC1CN(CC)C(O)N1. The second kappa shape index (κ2) is 4.03. The second-order valence-corrected chi connectivity index (χ2v) is 3.49. The first kappa shape index (κ1) is 9.71. The van der Waals surface area contributed by atoms with Gasteiger partial charge in [-0.15, -0.1) is 6.58 Å². The minimum absolute atomic E-state index is 0.373. The Bertz CT molecular complexity index is 170. The van der Waals surface area contributed by atoms with Crippen molar-refractivity contribution in [3.8, 4) is 0 Å². The molecule has 0 bridgehead atoms. The van der Waals surface area contributed by atoms with Crippen LogP contribution in [0, 0.1) is 0 Å². The summed E-state index contributed by atoms with van der Waals surface area (Å²) in [6.45, 7) is 9.73. The van der Waals surface area contributed by atoms with E-state index in [0.717, 1.165) is 25.1 Å². The monoisotopic (exact) mass is 170 g/mol. The minimum Gasteiger partial charge on any atom is -0.365 e. The Balaban J connectivity index is 2.37. The van der Waals surface area contributed by atoms with Crippen LogP contribution in [0.3, 0.4) is 0 Å². The summed E-state index contributed by atoms with van der Waals surface area (Å²) in [5, 5.41) is 12.6. The maximum Gasteiger partial charge on any atom is 0.163 e. The molecule has 3 heteroatoms. The molecule has 0 aromatic rings. The molecule has 1 saturated heterocycles. The third-order valence-electron chi connectivity index (χ3n) is 2.19. The van der Waals surface area contributed by atoms with E-state index in [1.165, 1.54) is 0 Å². The van der Waals surface area contributed by atoms with Crippen LogP contribution < -0.4 is 5.32 Å². The van der Waals surface area contributed by atoms with E-state index in [9.17, 15) is 5.11 Å². The number of aliphatic hydroxyl groups is 1. The van der Waals surface area contributed by atoms with E-state index in [2.05, 4.69) is 11.9 Å². The highest BCUT2D eigenvalue weighted by atomic mass is 16.3. The van der Waals surface area contributed by atoms with Crippen LogP contribution in [-0.2, 0) is 0 Å². The summed E-state index contributed by atoms with van der Waals surface area (Å²) in [5.74, 6) is 0.